The predicted octanol–water partition coefficient (Wildman–Crippen LogP) is 2.61. The van der Waals surface area contributed by atoms with Crippen molar-refractivity contribution in [3.8, 4) is 5.75 Å². The van der Waals surface area contributed by atoms with Crippen molar-refractivity contribution >= 4 is 11.9 Å². The summed E-state index contributed by atoms with van der Waals surface area (Å²) in [5, 5.41) is 16.5. The van der Waals surface area contributed by atoms with Crippen molar-refractivity contribution < 1.29 is 28.2 Å². The third kappa shape index (κ3) is 10.1. The van der Waals surface area contributed by atoms with E-state index in [1.54, 1.807) is 0 Å². The van der Waals surface area contributed by atoms with Gasteiger partial charge in [-0.2, -0.15) is 8.78 Å². The maximum atomic E-state index is 12.2. The number of nitrogens with one attached hydrogen (secondary N) is 2. The number of nitrogens with zero attached hydrogens (tertiary/aromatic N) is 1. The van der Waals surface area contributed by atoms with Crippen LogP contribution in [0.5, 0.6) is 5.75 Å². The molecule has 0 heterocycles. The van der Waals surface area contributed by atoms with Crippen LogP contribution in [0.15, 0.2) is 29.3 Å². The number of guanidine groups is 1. The van der Waals surface area contributed by atoms with Crippen LogP contribution < -0.4 is 15.4 Å². The summed E-state index contributed by atoms with van der Waals surface area (Å²) in [4.78, 5) is 15.4. The van der Waals surface area contributed by atoms with Crippen LogP contribution in [0.3, 0.4) is 0 Å². The van der Waals surface area contributed by atoms with Crippen LogP contribution in [0, 0.1) is 0 Å². The first kappa shape index (κ1) is 23.6. The topological polar surface area (TPSA) is 92.2 Å². The monoisotopic (exact) mass is 401 g/mol. The number of ether oxygens (including phenoxy) is 2. The molecule has 1 atom stereocenters. The van der Waals surface area contributed by atoms with Gasteiger partial charge in [-0.25, -0.2) is 0 Å². The Morgan fingerprint density at radius 3 is 2.50 bits per heavy atom. The SMILES string of the molecule is CCNC(=NCC(O)c1ccc(OC(F)F)cc1)NCCCCCC(=O)OC. The van der Waals surface area contributed by atoms with Gasteiger partial charge in [0, 0.05) is 19.5 Å². The number of carbonyl (C=O) groups is 1. The van der Waals surface area contributed by atoms with E-state index < -0.39 is 12.7 Å². The minimum atomic E-state index is -2.88. The molecule has 1 aromatic rings. The second kappa shape index (κ2) is 13.7. The van der Waals surface area contributed by atoms with E-state index >= 15 is 0 Å². The number of hydrogen-bond acceptors (Lipinski definition) is 5. The molecule has 0 aliphatic rings. The highest BCUT2D eigenvalue weighted by atomic mass is 19.3. The highest BCUT2D eigenvalue weighted by Gasteiger charge is 2.09. The van der Waals surface area contributed by atoms with Gasteiger partial charge < -0.3 is 25.2 Å². The second-order valence-electron chi connectivity index (χ2n) is 6.00. The zero-order chi connectivity index (χ0) is 20.8. The summed E-state index contributed by atoms with van der Waals surface area (Å²) >= 11 is 0. The van der Waals surface area contributed by atoms with Gasteiger partial charge >= 0.3 is 12.6 Å². The van der Waals surface area contributed by atoms with Crippen molar-refractivity contribution in [2.45, 2.75) is 45.3 Å². The van der Waals surface area contributed by atoms with Gasteiger partial charge in [0.05, 0.1) is 19.8 Å². The molecule has 158 valence electrons. The molecule has 1 unspecified atom stereocenters. The van der Waals surface area contributed by atoms with Gasteiger partial charge in [-0.05, 0) is 37.5 Å². The number of benzene rings is 1. The number of methoxy groups -OCH3 is 1. The summed E-state index contributed by atoms with van der Waals surface area (Å²) < 4.78 is 33.2. The number of aliphatic hydroxyl groups excluding tert-OH is 1. The maximum Gasteiger partial charge on any atom is 0.387 e. The van der Waals surface area contributed by atoms with E-state index in [-0.39, 0.29) is 18.3 Å². The molecule has 0 saturated heterocycles. The number of carbonyl (C=O) groups excluding carboxylic acids is 1. The van der Waals surface area contributed by atoms with Crippen molar-refractivity contribution in [1.29, 1.82) is 0 Å². The van der Waals surface area contributed by atoms with Crippen LogP contribution in [0.2, 0.25) is 0 Å². The van der Waals surface area contributed by atoms with E-state index in [1.807, 2.05) is 6.92 Å². The molecular formula is C19H29F2N3O4. The maximum absolute atomic E-state index is 12.2. The van der Waals surface area contributed by atoms with Crippen molar-refractivity contribution in [2.75, 3.05) is 26.7 Å². The molecule has 1 aromatic carbocycles. The predicted molar refractivity (Wildman–Crippen MR) is 102 cm³/mol. The lowest BCUT2D eigenvalue weighted by Crippen LogP contribution is -2.38. The Kier molecular flexibility index (Phi) is 11.6. The fourth-order valence-corrected chi connectivity index (χ4v) is 2.38. The van der Waals surface area contributed by atoms with Crippen molar-refractivity contribution in [3.05, 3.63) is 29.8 Å². The van der Waals surface area contributed by atoms with Crippen LogP contribution >= 0.6 is 0 Å². The van der Waals surface area contributed by atoms with Gasteiger partial charge in [-0.15, -0.1) is 0 Å². The molecular weight excluding hydrogens is 372 g/mol. The molecule has 0 bridgehead atoms. The average molecular weight is 401 g/mol. The first-order valence-electron chi connectivity index (χ1n) is 9.28. The lowest BCUT2D eigenvalue weighted by molar-refractivity contribution is -0.140. The smallest absolute Gasteiger partial charge is 0.387 e. The number of unbranched alkanes of at least 4 members (excludes halogenated alkanes) is 2. The largest absolute Gasteiger partial charge is 0.469 e. The van der Waals surface area contributed by atoms with E-state index in [4.69, 9.17) is 0 Å². The van der Waals surface area contributed by atoms with Gasteiger partial charge in [0.15, 0.2) is 5.96 Å². The summed E-state index contributed by atoms with van der Waals surface area (Å²) in [6, 6.07) is 5.82. The Bertz CT molecular complexity index is 597. The first-order chi connectivity index (χ1) is 13.5. The van der Waals surface area contributed by atoms with Gasteiger partial charge in [0.25, 0.3) is 0 Å². The van der Waals surface area contributed by atoms with E-state index in [0.717, 1.165) is 19.3 Å². The molecule has 0 spiro atoms. The van der Waals surface area contributed by atoms with Crippen molar-refractivity contribution in [1.82, 2.24) is 10.6 Å². The molecule has 28 heavy (non-hydrogen) atoms. The Morgan fingerprint density at radius 1 is 1.18 bits per heavy atom. The normalized spacial score (nSPS) is 12.6. The third-order valence-corrected chi connectivity index (χ3v) is 3.83. The van der Waals surface area contributed by atoms with E-state index in [1.165, 1.54) is 31.4 Å². The average Bonchev–Trinajstić information content (AvgIpc) is 2.68. The lowest BCUT2D eigenvalue weighted by Gasteiger charge is -2.14. The molecule has 0 radical (unpaired) electrons. The van der Waals surface area contributed by atoms with Crippen LogP contribution in [-0.4, -0.2) is 50.4 Å². The van der Waals surface area contributed by atoms with E-state index in [2.05, 4.69) is 25.1 Å². The minimum absolute atomic E-state index is 0.0386. The Hall–Kier alpha value is -2.42. The number of hydrogen-bond donors (Lipinski definition) is 3. The minimum Gasteiger partial charge on any atom is -0.469 e. The molecule has 0 fully saturated rings. The van der Waals surface area contributed by atoms with Gasteiger partial charge in [0.2, 0.25) is 0 Å². The van der Waals surface area contributed by atoms with Gasteiger partial charge in [-0.1, -0.05) is 18.6 Å². The van der Waals surface area contributed by atoms with E-state index in [0.29, 0.717) is 31.0 Å². The summed E-state index contributed by atoms with van der Waals surface area (Å²) in [7, 11) is 1.38. The van der Waals surface area contributed by atoms with E-state index in [9.17, 15) is 18.7 Å². The number of esters is 1. The molecule has 9 heteroatoms. The quantitative estimate of drug-likeness (QED) is 0.216. The molecule has 0 aliphatic heterocycles. The lowest BCUT2D eigenvalue weighted by atomic mass is 10.1. The number of alkyl halides is 2. The fraction of sp³-hybridized carbons (Fsp3) is 0.579. The first-order valence-corrected chi connectivity index (χ1v) is 9.28. The molecule has 1 rings (SSSR count). The second-order valence-corrected chi connectivity index (χ2v) is 6.00. The molecule has 0 aliphatic carbocycles. The molecule has 0 amide bonds. The van der Waals surface area contributed by atoms with Crippen LogP contribution in [-0.2, 0) is 9.53 Å². The summed E-state index contributed by atoms with van der Waals surface area (Å²) in [6.07, 6.45) is 2.08. The van der Waals surface area contributed by atoms with Crippen molar-refractivity contribution in [3.63, 3.8) is 0 Å². The van der Waals surface area contributed by atoms with Crippen LogP contribution in [0.25, 0.3) is 0 Å². The summed E-state index contributed by atoms with van der Waals surface area (Å²) in [5.74, 6) is 0.412. The summed E-state index contributed by atoms with van der Waals surface area (Å²) in [6.45, 7) is 0.528. The number of aliphatic imine (C=N–C) groups is 1. The van der Waals surface area contributed by atoms with Gasteiger partial charge in [0.1, 0.15) is 5.75 Å². The number of aliphatic hydroxyl groups is 1. The van der Waals surface area contributed by atoms with Gasteiger partial charge in [-0.3, -0.25) is 9.79 Å². The van der Waals surface area contributed by atoms with Crippen molar-refractivity contribution in [2.24, 2.45) is 4.99 Å². The zero-order valence-corrected chi connectivity index (χ0v) is 16.3. The van der Waals surface area contributed by atoms with Crippen LogP contribution in [0.4, 0.5) is 8.78 Å². The fourth-order valence-electron chi connectivity index (χ4n) is 2.38. The van der Waals surface area contributed by atoms with Crippen LogP contribution in [0.1, 0.15) is 44.3 Å². The highest BCUT2D eigenvalue weighted by Crippen LogP contribution is 2.19. The highest BCUT2D eigenvalue weighted by molar-refractivity contribution is 5.79. The molecule has 0 saturated carbocycles. The summed E-state index contributed by atoms with van der Waals surface area (Å²) in [5.41, 5.74) is 0.559. The molecule has 3 N–H and O–H groups in total. The molecule has 0 aromatic heterocycles. The Morgan fingerprint density at radius 2 is 1.89 bits per heavy atom. The number of rotatable bonds is 12. The zero-order valence-electron chi connectivity index (χ0n) is 16.3. The third-order valence-electron chi connectivity index (χ3n) is 3.83. The Balaban J connectivity index is 2.42. The molecule has 7 nitrogen and oxygen atoms in total. The standard InChI is InChI=1S/C19H29F2N3O4/c1-3-22-19(23-12-6-4-5-7-17(26)27-2)24-13-16(25)14-8-10-15(11-9-14)28-18(20)21/h8-11,16,18,25H,3-7,12-13H2,1-2H3,(H2,22,23,24). The number of halogens is 2. The Labute approximate surface area is 164 Å².